The highest BCUT2D eigenvalue weighted by Crippen LogP contribution is 2.45. The lowest BCUT2D eigenvalue weighted by Gasteiger charge is -2.21. The number of hydrogen-bond donors (Lipinski definition) is 3. The molecule has 17 nitrogen and oxygen atoms in total. The number of carbonyl (C=O) groups excluding carboxylic acids is 4. The van der Waals surface area contributed by atoms with Crippen molar-refractivity contribution in [1.82, 2.24) is 0 Å². The molecule has 546 valence electrons. The number of unbranched alkanes of at least 4 members (excludes halogenated alkanes) is 33. The average Bonchev–Trinajstić information content (AvgIpc) is 1.69. The largest absolute Gasteiger partial charge is 0.472 e. The van der Waals surface area contributed by atoms with E-state index in [9.17, 15) is 43.2 Å². The van der Waals surface area contributed by atoms with Gasteiger partial charge in [0.25, 0.3) is 0 Å². The van der Waals surface area contributed by atoms with Crippen LogP contribution in [0.3, 0.4) is 0 Å². The summed E-state index contributed by atoms with van der Waals surface area (Å²) in [5.74, 6) is 0.953. The van der Waals surface area contributed by atoms with Crippen LogP contribution in [0.4, 0.5) is 0 Å². The SMILES string of the molecule is CCC(C)CCCCCCCCCCC(=O)OC[C@H](COP(=O)(O)OC[C@@H](O)COP(=O)(O)OC[C@@H](COC(=O)CCCCCCCCC(C)CC)OC(=O)CCCCCCCCCCCCCCCCCC(C)C)OC(=O)CCCCCCCCCCC(C)CC. The molecule has 5 unspecified atom stereocenters. The molecule has 0 radical (unpaired) electrons. The van der Waals surface area contributed by atoms with Crippen LogP contribution in [0.25, 0.3) is 0 Å². The third kappa shape index (κ3) is 62.8. The molecule has 0 aliphatic heterocycles. The molecule has 0 saturated heterocycles. The van der Waals surface area contributed by atoms with E-state index in [4.69, 9.17) is 37.0 Å². The van der Waals surface area contributed by atoms with Crippen LogP contribution in [0.2, 0.25) is 0 Å². The molecule has 0 amide bonds. The van der Waals surface area contributed by atoms with Crippen molar-refractivity contribution in [3.05, 3.63) is 0 Å². The molecule has 0 bridgehead atoms. The predicted molar refractivity (Wildman–Crippen MR) is 372 cm³/mol. The number of aliphatic hydroxyl groups is 1. The number of esters is 4. The normalized spacial score (nSPS) is 15.1. The number of phosphoric ester groups is 2. The van der Waals surface area contributed by atoms with E-state index < -0.39 is 97.5 Å². The number of carbonyl (C=O) groups is 4. The lowest BCUT2D eigenvalue weighted by atomic mass is 9.99. The van der Waals surface area contributed by atoms with Crippen molar-refractivity contribution in [1.29, 1.82) is 0 Å². The minimum atomic E-state index is -4.95. The van der Waals surface area contributed by atoms with Crippen LogP contribution in [-0.2, 0) is 65.4 Å². The first-order valence-electron chi connectivity index (χ1n) is 37.8. The van der Waals surface area contributed by atoms with Crippen LogP contribution in [0.5, 0.6) is 0 Å². The van der Waals surface area contributed by atoms with Crippen molar-refractivity contribution in [3.63, 3.8) is 0 Å². The summed E-state index contributed by atoms with van der Waals surface area (Å²) in [6.45, 7) is 14.2. The van der Waals surface area contributed by atoms with Crippen molar-refractivity contribution in [3.8, 4) is 0 Å². The molecule has 0 aromatic carbocycles. The minimum absolute atomic E-state index is 0.104. The predicted octanol–water partition coefficient (Wildman–Crippen LogP) is 20.9. The zero-order valence-electron chi connectivity index (χ0n) is 60.2. The van der Waals surface area contributed by atoms with Crippen molar-refractivity contribution in [2.45, 2.75) is 382 Å². The summed E-state index contributed by atoms with van der Waals surface area (Å²) in [6.07, 6.45) is 45.7. The maximum Gasteiger partial charge on any atom is 0.472 e. The fourth-order valence-corrected chi connectivity index (χ4v) is 12.5. The molecule has 3 N–H and O–H groups in total. The maximum absolute atomic E-state index is 13.0. The Morgan fingerprint density at radius 2 is 0.522 bits per heavy atom. The Labute approximate surface area is 562 Å². The molecule has 0 aromatic rings. The Morgan fingerprint density at radius 1 is 0.304 bits per heavy atom. The molecule has 8 atom stereocenters. The zero-order chi connectivity index (χ0) is 68.2. The second kappa shape index (κ2) is 62.6. The van der Waals surface area contributed by atoms with Gasteiger partial charge >= 0.3 is 39.5 Å². The number of ether oxygens (including phenoxy) is 4. The van der Waals surface area contributed by atoms with Gasteiger partial charge in [-0.05, 0) is 49.4 Å². The third-order valence-electron chi connectivity index (χ3n) is 17.9. The average molecular weight is 1350 g/mol. The van der Waals surface area contributed by atoms with Gasteiger partial charge in [0, 0.05) is 25.7 Å². The highest BCUT2D eigenvalue weighted by Gasteiger charge is 2.30. The number of phosphoric acid groups is 2. The first-order chi connectivity index (χ1) is 44.2. The Hall–Kier alpha value is -1.94. The summed E-state index contributed by atoms with van der Waals surface area (Å²) in [5.41, 5.74) is 0. The summed E-state index contributed by atoms with van der Waals surface area (Å²) in [4.78, 5) is 72.7. The number of aliphatic hydroxyl groups excluding tert-OH is 1. The summed E-state index contributed by atoms with van der Waals surface area (Å²) in [7, 11) is -9.91. The van der Waals surface area contributed by atoms with Crippen LogP contribution >= 0.6 is 15.6 Å². The van der Waals surface area contributed by atoms with E-state index in [0.29, 0.717) is 25.7 Å². The van der Waals surface area contributed by atoms with Gasteiger partial charge in [-0.3, -0.25) is 37.3 Å². The van der Waals surface area contributed by atoms with Gasteiger partial charge in [-0.15, -0.1) is 0 Å². The molecule has 0 spiro atoms. The molecule has 0 aliphatic carbocycles. The minimum Gasteiger partial charge on any atom is -0.462 e. The van der Waals surface area contributed by atoms with Crippen molar-refractivity contribution < 1.29 is 80.2 Å². The highest BCUT2D eigenvalue weighted by atomic mass is 31.2. The van der Waals surface area contributed by atoms with Gasteiger partial charge in [0.2, 0.25) is 0 Å². The van der Waals surface area contributed by atoms with E-state index in [-0.39, 0.29) is 25.7 Å². The van der Waals surface area contributed by atoms with Crippen molar-refractivity contribution >= 4 is 39.5 Å². The topological polar surface area (TPSA) is 237 Å². The van der Waals surface area contributed by atoms with E-state index in [1.165, 1.54) is 161 Å². The standard InChI is InChI=1S/C73H142O17P2/c1-9-64(6)50-42-34-26-21-23-28-37-45-53-70(75)83-59-68(90-73(78)56-48-40-30-24-22-27-35-43-51-65(7)10-2)61-87-91(79,80)85-57-67(74)58-86-92(81,82)88-62-69(60-84-71(76)54-46-38-32-31-36-44-52-66(8)11-3)89-72(77)55-47-39-29-20-18-16-14-12-13-15-17-19-25-33-41-49-63(4)5/h63-69,74H,9-62H2,1-8H3,(H,79,80)(H,81,82)/t64?,65?,66?,67-,68-,69-/m1/s1. The van der Waals surface area contributed by atoms with Gasteiger partial charge in [0.15, 0.2) is 12.2 Å². The molecular formula is C73H142O17P2. The molecule has 0 fully saturated rings. The van der Waals surface area contributed by atoms with Gasteiger partial charge in [-0.1, -0.05) is 312 Å². The van der Waals surface area contributed by atoms with Crippen LogP contribution in [0.15, 0.2) is 0 Å². The molecular weight excluding hydrogens is 1210 g/mol. The fourth-order valence-electron chi connectivity index (χ4n) is 10.9. The summed E-state index contributed by atoms with van der Waals surface area (Å²) in [5, 5.41) is 10.6. The lowest BCUT2D eigenvalue weighted by molar-refractivity contribution is -0.161. The van der Waals surface area contributed by atoms with Gasteiger partial charge < -0.3 is 33.8 Å². The van der Waals surface area contributed by atoms with E-state index in [1.54, 1.807) is 0 Å². The van der Waals surface area contributed by atoms with Crippen LogP contribution in [0.1, 0.15) is 364 Å². The summed E-state index contributed by atoms with van der Waals surface area (Å²) >= 11 is 0. The number of rotatable bonds is 70. The van der Waals surface area contributed by atoms with Crippen molar-refractivity contribution in [2.24, 2.45) is 23.7 Å². The fraction of sp³-hybridized carbons (Fsp3) is 0.945. The summed E-state index contributed by atoms with van der Waals surface area (Å²) in [6, 6.07) is 0. The van der Waals surface area contributed by atoms with Crippen LogP contribution in [-0.4, -0.2) is 96.7 Å². The Bertz CT molecular complexity index is 1820. The Morgan fingerprint density at radius 3 is 0.772 bits per heavy atom. The molecule has 0 aromatic heterocycles. The first-order valence-corrected chi connectivity index (χ1v) is 40.8. The Balaban J connectivity index is 5.24. The highest BCUT2D eigenvalue weighted by molar-refractivity contribution is 7.47. The van der Waals surface area contributed by atoms with Crippen molar-refractivity contribution in [2.75, 3.05) is 39.6 Å². The maximum atomic E-state index is 13.0. The zero-order valence-corrected chi connectivity index (χ0v) is 62.0. The second-order valence-electron chi connectivity index (χ2n) is 27.5. The van der Waals surface area contributed by atoms with Gasteiger partial charge in [0.1, 0.15) is 19.3 Å². The smallest absolute Gasteiger partial charge is 0.462 e. The second-order valence-corrected chi connectivity index (χ2v) is 30.4. The van der Waals surface area contributed by atoms with Gasteiger partial charge in [0.05, 0.1) is 26.4 Å². The lowest BCUT2D eigenvalue weighted by Crippen LogP contribution is -2.30. The Kier molecular flexibility index (Phi) is 61.3. The molecule has 0 saturated carbocycles. The van der Waals surface area contributed by atoms with Crippen LogP contribution in [0, 0.1) is 23.7 Å². The molecule has 0 aliphatic rings. The summed E-state index contributed by atoms with van der Waals surface area (Å²) < 4.78 is 68.4. The third-order valence-corrected chi connectivity index (χ3v) is 19.8. The van der Waals surface area contributed by atoms with E-state index in [0.717, 1.165) is 120 Å². The molecule has 92 heavy (non-hydrogen) atoms. The van der Waals surface area contributed by atoms with Gasteiger partial charge in [-0.25, -0.2) is 9.13 Å². The molecule has 19 heteroatoms. The monoisotopic (exact) mass is 1350 g/mol. The number of hydrogen-bond acceptors (Lipinski definition) is 15. The quantitative estimate of drug-likeness (QED) is 0.0222. The van der Waals surface area contributed by atoms with E-state index >= 15 is 0 Å². The first kappa shape index (κ1) is 90.1. The van der Waals surface area contributed by atoms with E-state index in [1.807, 2.05) is 0 Å². The molecule has 0 rings (SSSR count). The van der Waals surface area contributed by atoms with Crippen LogP contribution < -0.4 is 0 Å². The van der Waals surface area contributed by atoms with Gasteiger partial charge in [-0.2, -0.15) is 0 Å². The van der Waals surface area contributed by atoms with E-state index in [2.05, 4.69) is 55.4 Å². The molecule has 0 heterocycles.